The van der Waals surface area contributed by atoms with Crippen LogP contribution in [-0.2, 0) is 20.1 Å². The molecule has 3 rings (SSSR count). The fraction of sp³-hybridized carbons (Fsp3) is 0.375. The molecule has 0 fully saturated rings. The minimum atomic E-state index is 0.515. The lowest BCUT2D eigenvalue weighted by molar-refractivity contribution is 0.410. The van der Waals surface area contributed by atoms with Crippen LogP contribution in [0.2, 0.25) is 0 Å². The molecule has 0 amide bonds. The van der Waals surface area contributed by atoms with Crippen LogP contribution in [0.1, 0.15) is 23.6 Å². The van der Waals surface area contributed by atoms with E-state index in [1.807, 2.05) is 48.9 Å². The van der Waals surface area contributed by atoms with E-state index in [1.165, 1.54) is 5.69 Å². The third-order valence-corrected chi connectivity index (χ3v) is 5.36. The summed E-state index contributed by atoms with van der Waals surface area (Å²) in [5, 5.41) is 15.2. The van der Waals surface area contributed by atoms with Crippen molar-refractivity contribution in [2.24, 2.45) is 12.0 Å². The minimum Gasteiger partial charge on any atom is -0.496 e. The van der Waals surface area contributed by atoms with Crippen LogP contribution in [0.15, 0.2) is 59.6 Å². The van der Waals surface area contributed by atoms with Crippen molar-refractivity contribution in [3.63, 3.8) is 0 Å². The SMILES string of the molecule is COc1ccccc1CN=C(NCCCN(C)c1ccccc1)NCc1nnc(C)n1C. The highest BCUT2D eigenvalue weighted by molar-refractivity contribution is 5.79. The largest absolute Gasteiger partial charge is 0.496 e. The summed E-state index contributed by atoms with van der Waals surface area (Å²) in [5.41, 5.74) is 2.25. The van der Waals surface area contributed by atoms with Crippen molar-refractivity contribution in [3.05, 3.63) is 71.8 Å². The number of hydrogen-bond donors (Lipinski definition) is 2. The number of aryl methyl sites for hydroxylation is 1. The molecule has 8 heteroatoms. The molecule has 170 valence electrons. The molecule has 1 aromatic heterocycles. The van der Waals surface area contributed by atoms with E-state index in [2.05, 4.69) is 57.0 Å². The van der Waals surface area contributed by atoms with Gasteiger partial charge in [-0.15, -0.1) is 10.2 Å². The van der Waals surface area contributed by atoms with E-state index in [4.69, 9.17) is 9.73 Å². The van der Waals surface area contributed by atoms with E-state index in [0.717, 1.165) is 48.4 Å². The number of hydrogen-bond acceptors (Lipinski definition) is 5. The number of aromatic nitrogens is 3. The third kappa shape index (κ3) is 6.47. The highest BCUT2D eigenvalue weighted by atomic mass is 16.5. The molecule has 0 aliphatic carbocycles. The smallest absolute Gasteiger partial charge is 0.191 e. The summed E-state index contributed by atoms with van der Waals surface area (Å²) in [5.74, 6) is 3.31. The first kappa shape index (κ1) is 23.1. The van der Waals surface area contributed by atoms with E-state index < -0.39 is 0 Å². The van der Waals surface area contributed by atoms with Crippen molar-refractivity contribution in [3.8, 4) is 5.75 Å². The quantitative estimate of drug-likeness (QED) is 0.290. The second kappa shape index (κ2) is 11.7. The fourth-order valence-electron chi connectivity index (χ4n) is 3.27. The molecular formula is C24H33N7O. The Hall–Kier alpha value is -3.55. The molecule has 3 aromatic rings. The molecular weight excluding hydrogens is 402 g/mol. The van der Waals surface area contributed by atoms with Gasteiger partial charge in [-0.3, -0.25) is 0 Å². The maximum absolute atomic E-state index is 5.46. The molecule has 0 saturated heterocycles. The van der Waals surface area contributed by atoms with Crippen LogP contribution < -0.4 is 20.3 Å². The van der Waals surface area contributed by atoms with Crippen LogP contribution in [0, 0.1) is 6.92 Å². The predicted molar refractivity (Wildman–Crippen MR) is 129 cm³/mol. The van der Waals surface area contributed by atoms with Gasteiger partial charge in [0, 0.05) is 38.4 Å². The van der Waals surface area contributed by atoms with Crippen LogP contribution in [-0.4, -0.2) is 48.0 Å². The standard InChI is InChI=1S/C24H33N7O/c1-19-28-29-23(31(19)3)18-27-24(26-17-20-11-8-9-14-22(20)32-4)25-15-10-16-30(2)21-12-6-5-7-13-21/h5-9,11-14H,10,15-18H2,1-4H3,(H2,25,26,27). The zero-order chi connectivity index (χ0) is 22.8. The van der Waals surface area contributed by atoms with E-state index in [1.54, 1.807) is 7.11 Å². The number of nitrogens with one attached hydrogen (secondary N) is 2. The summed E-state index contributed by atoms with van der Waals surface area (Å²) in [4.78, 5) is 7.03. The minimum absolute atomic E-state index is 0.515. The fourth-order valence-corrected chi connectivity index (χ4v) is 3.27. The predicted octanol–water partition coefficient (Wildman–Crippen LogP) is 2.89. The van der Waals surface area contributed by atoms with Gasteiger partial charge < -0.3 is 24.8 Å². The first-order chi connectivity index (χ1) is 15.6. The number of benzene rings is 2. The zero-order valence-electron chi connectivity index (χ0n) is 19.4. The van der Waals surface area contributed by atoms with Crippen LogP contribution in [0.25, 0.3) is 0 Å². The molecule has 1 heterocycles. The van der Waals surface area contributed by atoms with Gasteiger partial charge in [-0.2, -0.15) is 0 Å². The molecule has 2 N–H and O–H groups in total. The van der Waals surface area contributed by atoms with Crippen LogP contribution >= 0.6 is 0 Å². The number of ether oxygens (including phenoxy) is 1. The monoisotopic (exact) mass is 435 g/mol. The Bertz CT molecular complexity index is 1000. The Labute approximate surface area is 190 Å². The molecule has 0 radical (unpaired) electrons. The van der Waals surface area contributed by atoms with Gasteiger partial charge in [0.15, 0.2) is 11.8 Å². The van der Waals surface area contributed by atoms with Crippen molar-refractivity contribution >= 4 is 11.6 Å². The summed E-state index contributed by atoms with van der Waals surface area (Å²) < 4.78 is 7.43. The Balaban J connectivity index is 1.59. The number of methoxy groups -OCH3 is 1. The highest BCUT2D eigenvalue weighted by Gasteiger charge is 2.08. The maximum Gasteiger partial charge on any atom is 0.191 e. The van der Waals surface area contributed by atoms with Crippen molar-refractivity contribution < 1.29 is 4.74 Å². The normalized spacial score (nSPS) is 11.3. The summed E-state index contributed by atoms with van der Waals surface area (Å²) >= 11 is 0. The highest BCUT2D eigenvalue weighted by Crippen LogP contribution is 2.18. The molecule has 0 aliphatic heterocycles. The molecule has 32 heavy (non-hydrogen) atoms. The lowest BCUT2D eigenvalue weighted by Gasteiger charge is -2.20. The van der Waals surface area contributed by atoms with Crippen LogP contribution in [0.3, 0.4) is 0 Å². The van der Waals surface area contributed by atoms with E-state index in [0.29, 0.717) is 13.1 Å². The zero-order valence-corrected chi connectivity index (χ0v) is 19.4. The van der Waals surface area contributed by atoms with Gasteiger partial charge in [0.05, 0.1) is 20.2 Å². The molecule has 0 spiro atoms. The first-order valence-corrected chi connectivity index (χ1v) is 10.8. The lowest BCUT2D eigenvalue weighted by Crippen LogP contribution is -2.39. The molecule has 0 bridgehead atoms. The summed E-state index contributed by atoms with van der Waals surface area (Å²) in [7, 11) is 5.76. The summed E-state index contributed by atoms with van der Waals surface area (Å²) in [6, 6.07) is 18.3. The van der Waals surface area contributed by atoms with Gasteiger partial charge >= 0.3 is 0 Å². The average Bonchev–Trinajstić information content (AvgIpc) is 3.15. The Morgan fingerprint density at radius 2 is 1.81 bits per heavy atom. The number of anilines is 1. The number of nitrogens with zero attached hydrogens (tertiary/aromatic N) is 5. The average molecular weight is 436 g/mol. The van der Waals surface area contributed by atoms with Crippen molar-refractivity contribution in [2.45, 2.75) is 26.4 Å². The van der Waals surface area contributed by atoms with Gasteiger partial charge in [-0.25, -0.2) is 4.99 Å². The Morgan fingerprint density at radius 1 is 1.06 bits per heavy atom. The molecule has 0 aliphatic rings. The number of guanidine groups is 1. The summed E-state index contributed by atoms with van der Waals surface area (Å²) in [6.45, 7) is 4.74. The van der Waals surface area contributed by atoms with Gasteiger partial charge in [0.1, 0.15) is 11.6 Å². The Morgan fingerprint density at radius 3 is 2.53 bits per heavy atom. The van der Waals surface area contributed by atoms with Crippen molar-refractivity contribution in [1.82, 2.24) is 25.4 Å². The first-order valence-electron chi connectivity index (χ1n) is 10.8. The van der Waals surface area contributed by atoms with Crippen molar-refractivity contribution in [2.75, 3.05) is 32.1 Å². The molecule has 2 aromatic carbocycles. The number of rotatable bonds is 10. The van der Waals surface area contributed by atoms with E-state index >= 15 is 0 Å². The van der Waals surface area contributed by atoms with E-state index in [9.17, 15) is 0 Å². The van der Waals surface area contributed by atoms with Crippen molar-refractivity contribution in [1.29, 1.82) is 0 Å². The number of aliphatic imine (C=N–C) groups is 1. The van der Waals surface area contributed by atoms with Gasteiger partial charge in [-0.05, 0) is 31.5 Å². The second-order valence-electron chi connectivity index (χ2n) is 7.59. The molecule has 0 unspecified atom stereocenters. The second-order valence-corrected chi connectivity index (χ2v) is 7.59. The molecule has 0 atom stereocenters. The summed E-state index contributed by atoms with van der Waals surface area (Å²) in [6.07, 6.45) is 0.976. The molecule has 0 saturated carbocycles. The third-order valence-electron chi connectivity index (χ3n) is 5.36. The van der Waals surface area contributed by atoms with Gasteiger partial charge in [0.25, 0.3) is 0 Å². The maximum atomic E-state index is 5.46. The van der Waals surface area contributed by atoms with Crippen LogP contribution in [0.5, 0.6) is 5.75 Å². The number of para-hydroxylation sites is 2. The topological polar surface area (TPSA) is 79.6 Å². The molecule has 8 nitrogen and oxygen atoms in total. The lowest BCUT2D eigenvalue weighted by atomic mass is 10.2. The van der Waals surface area contributed by atoms with Crippen LogP contribution in [0.4, 0.5) is 5.69 Å². The van der Waals surface area contributed by atoms with Gasteiger partial charge in [-0.1, -0.05) is 36.4 Å². The van der Waals surface area contributed by atoms with Gasteiger partial charge in [0.2, 0.25) is 0 Å². The van der Waals surface area contributed by atoms with E-state index in [-0.39, 0.29) is 0 Å². The Kier molecular flexibility index (Phi) is 8.48.